The van der Waals surface area contributed by atoms with Crippen molar-refractivity contribution < 1.29 is 4.74 Å². The summed E-state index contributed by atoms with van der Waals surface area (Å²) in [6.07, 6.45) is 0. The molecule has 0 atom stereocenters. The van der Waals surface area contributed by atoms with Crippen LogP contribution < -0.4 is 10.2 Å². The molecule has 0 saturated heterocycles. The molecule has 0 unspecified atom stereocenters. The summed E-state index contributed by atoms with van der Waals surface area (Å²) in [6.45, 7) is 12.9. The fourth-order valence-corrected chi connectivity index (χ4v) is 2.68. The van der Waals surface area contributed by atoms with Crippen LogP contribution in [-0.4, -0.2) is 32.3 Å². The van der Waals surface area contributed by atoms with Gasteiger partial charge in [-0.2, -0.15) is 0 Å². The van der Waals surface area contributed by atoms with Crippen molar-refractivity contribution in [2.45, 2.75) is 40.3 Å². The number of benzene rings is 1. The highest BCUT2D eigenvalue weighted by atomic mass is 79.9. The molecule has 1 rings (SSSR count). The molecular weight excluding hydrogens is 316 g/mol. The van der Waals surface area contributed by atoms with Crippen LogP contribution in [0.5, 0.6) is 0 Å². The minimum absolute atomic E-state index is 0.506. The number of hydrogen-bond acceptors (Lipinski definition) is 3. The molecule has 1 aromatic carbocycles. The number of rotatable bonds is 9. The van der Waals surface area contributed by atoms with Crippen molar-refractivity contribution in [1.29, 1.82) is 0 Å². The highest BCUT2D eigenvalue weighted by Crippen LogP contribution is 2.27. The van der Waals surface area contributed by atoms with E-state index in [-0.39, 0.29) is 0 Å². The Kier molecular flexibility index (Phi) is 8.19. The van der Waals surface area contributed by atoms with Crippen LogP contribution in [-0.2, 0) is 11.3 Å². The maximum absolute atomic E-state index is 5.45. The van der Waals surface area contributed by atoms with E-state index in [9.17, 15) is 0 Å². The Morgan fingerprint density at radius 3 is 2.60 bits per heavy atom. The summed E-state index contributed by atoms with van der Waals surface area (Å²) in [7, 11) is 0. The fraction of sp³-hybridized carbons (Fsp3) is 0.625. The monoisotopic (exact) mass is 342 g/mol. The summed E-state index contributed by atoms with van der Waals surface area (Å²) >= 11 is 3.69. The van der Waals surface area contributed by atoms with E-state index in [0.717, 1.165) is 37.3 Å². The zero-order valence-corrected chi connectivity index (χ0v) is 14.7. The quantitative estimate of drug-likeness (QED) is 0.690. The molecule has 114 valence electrons. The largest absolute Gasteiger partial charge is 0.380 e. The molecule has 0 radical (unpaired) electrons. The van der Waals surface area contributed by atoms with Crippen molar-refractivity contribution in [2.24, 2.45) is 0 Å². The van der Waals surface area contributed by atoms with Gasteiger partial charge in [0.1, 0.15) is 0 Å². The van der Waals surface area contributed by atoms with Crippen LogP contribution in [0, 0.1) is 0 Å². The van der Waals surface area contributed by atoms with Crippen molar-refractivity contribution in [1.82, 2.24) is 5.32 Å². The molecule has 0 saturated carbocycles. The van der Waals surface area contributed by atoms with E-state index in [1.54, 1.807) is 0 Å². The lowest BCUT2D eigenvalue weighted by atomic mass is 10.2. The van der Waals surface area contributed by atoms with Gasteiger partial charge in [0.2, 0.25) is 0 Å². The van der Waals surface area contributed by atoms with E-state index >= 15 is 0 Å². The molecule has 1 N–H and O–H groups in total. The first-order valence-corrected chi connectivity index (χ1v) is 8.22. The molecule has 4 heteroatoms. The van der Waals surface area contributed by atoms with Crippen molar-refractivity contribution in [3.8, 4) is 0 Å². The SMILES string of the molecule is CCOCCN(CC)c1ccc(CNC(C)C)cc1Br. The number of nitrogens with zero attached hydrogens (tertiary/aromatic N) is 1. The smallest absolute Gasteiger partial charge is 0.0641 e. The molecular formula is C16H27BrN2O. The second-order valence-corrected chi connectivity index (χ2v) is 5.95. The number of halogens is 1. The Bertz CT molecular complexity index is 396. The van der Waals surface area contributed by atoms with Crippen molar-refractivity contribution in [3.63, 3.8) is 0 Å². The number of nitrogens with one attached hydrogen (secondary N) is 1. The zero-order chi connectivity index (χ0) is 15.0. The minimum atomic E-state index is 0.506. The van der Waals surface area contributed by atoms with E-state index in [1.165, 1.54) is 11.3 Å². The van der Waals surface area contributed by atoms with E-state index < -0.39 is 0 Å². The second kappa shape index (κ2) is 9.37. The van der Waals surface area contributed by atoms with Crippen LogP contribution in [0.25, 0.3) is 0 Å². The van der Waals surface area contributed by atoms with Crippen molar-refractivity contribution in [2.75, 3.05) is 31.2 Å². The predicted molar refractivity (Wildman–Crippen MR) is 90.5 cm³/mol. The Labute approximate surface area is 131 Å². The third-order valence-corrected chi connectivity index (χ3v) is 3.79. The van der Waals surface area contributed by atoms with E-state index in [2.05, 4.69) is 65.1 Å². The highest BCUT2D eigenvalue weighted by molar-refractivity contribution is 9.10. The molecule has 0 aliphatic heterocycles. The first-order chi connectivity index (χ1) is 9.58. The first-order valence-electron chi connectivity index (χ1n) is 7.43. The molecule has 0 aliphatic rings. The third kappa shape index (κ3) is 5.81. The number of hydrogen-bond donors (Lipinski definition) is 1. The van der Waals surface area contributed by atoms with E-state index in [4.69, 9.17) is 4.74 Å². The van der Waals surface area contributed by atoms with Gasteiger partial charge in [-0.1, -0.05) is 19.9 Å². The summed E-state index contributed by atoms with van der Waals surface area (Å²) in [5.41, 5.74) is 2.54. The summed E-state index contributed by atoms with van der Waals surface area (Å²) < 4.78 is 6.60. The molecule has 0 fully saturated rings. The highest BCUT2D eigenvalue weighted by Gasteiger charge is 2.09. The van der Waals surface area contributed by atoms with Crippen LogP contribution >= 0.6 is 15.9 Å². The van der Waals surface area contributed by atoms with Gasteiger partial charge in [0.25, 0.3) is 0 Å². The Balaban J connectivity index is 2.69. The van der Waals surface area contributed by atoms with Gasteiger partial charge in [0.15, 0.2) is 0 Å². The van der Waals surface area contributed by atoms with Gasteiger partial charge >= 0.3 is 0 Å². The van der Waals surface area contributed by atoms with Gasteiger partial charge in [0.05, 0.1) is 12.3 Å². The van der Waals surface area contributed by atoms with Crippen LogP contribution in [0.1, 0.15) is 33.3 Å². The van der Waals surface area contributed by atoms with E-state index in [0.29, 0.717) is 6.04 Å². The van der Waals surface area contributed by atoms with Crippen LogP contribution in [0.4, 0.5) is 5.69 Å². The summed E-state index contributed by atoms with van der Waals surface area (Å²) in [5.74, 6) is 0. The fourth-order valence-electron chi connectivity index (χ4n) is 2.01. The van der Waals surface area contributed by atoms with Gasteiger partial charge in [0, 0.05) is 36.8 Å². The molecule has 20 heavy (non-hydrogen) atoms. The van der Waals surface area contributed by atoms with Crippen molar-refractivity contribution in [3.05, 3.63) is 28.2 Å². The van der Waals surface area contributed by atoms with Crippen LogP contribution in [0.3, 0.4) is 0 Å². The molecule has 0 aliphatic carbocycles. The summed E-state index contributed by atoms with van der Waals surface area (Å²) in [4.78, 5) is 2.33. The molecule has 3 nitrogen and oxygen atoms in total. The summed E-state index contributed by atoms with van der Waals surface area (Å²) in [6, 6.07) is 7.09. The summed E-state index contributed by atoms with van der Waals surface area (Å²) in [5, 5.41) is 3.44. The molecule has 0 spiro atoms. The molecule has 1 aromatic rings. The lowest BCUT2D eigenvalue weighted by molar-refractivity contribution is 0.154. The number of ether oxygens (including phenoxy) is 1. The predicted octanol–water partition coefficient (Wildman–Crippen LogP) is 3.81. The van der Waals surface area contributed by atoms with Gasteiger partial charge in [-0.15, -0.1) is 0 Å². The second-order valence-electron chi connectivity index (χ2n) is 5.10. The van der Waals surface area contributed by atoms with Gasteiger partial charge in [-0.3, -0.25) is 0 Å². The lowest BCUT2D eigenvalue weighted by Crippen LogP contribution is -2.27. The molecule has 0 amide bonds. The van der Waals surface area contributed by atoms with E-state index in [1.807, 2.05) is 6.92 Å². The number of likely N-dealkylation sites (N-methyl/N-ethyl adjacent to an activating group) is 1. The van der Waals surface area contributed by atoms with Gasteiger partial charge in [-0.25, -0.2) is 0 Å². The molecule has 0 heterocycles. The first kappa shape index (κ1) is 17.5. The Morgan fingerprint density at radius 1 is 1.30 bits per heavy atom. The molecule has 0 aromatic heterocycles. The normalized spacial score (nSPS) is 11.1. The minimum Gasteiger partial charge on any atom is -0.380 e. The maximum Gasteiger partial charge on any atom is 0.0641 e. The van der Waals surface area contributed by atoms with Crippen LogP contribution in [0.15, 0.2) is 22.7 Å². The molecule has 0 bridgehead atoms. The van der Waals surface area contributed by atoms with Gasteiger partial charge < -0.3 is 15.0 Å². The average molecular weight is 343 g/mol. The Morgan fingerprint density at radius 2 is 2.05 bits per heavy atom. The number of anilines is 1. The third-order valence-electron chi connectivity index (χ3n) is 3.16. The standard InChI is InChI=1S/C16H27BrN2O/c1-5-19(9-10-20-6-2)16-8-7-14(11-15(16)17)12-18-13(3)4/h7-8,11,13,18H,5-6,9-10,12H2,1-4H3. The lowest BCUT2D eigenvalue weighted by Gasteiger charge is -2.24. The zero-order valence-electron chi connectivity index (χ0n) is 13.1. The van der Waals surface area contributed by atoms with Crippen LogP contribution in [0.2, 0.25) is 0 Å². The topological polar surface area (TPSA) is 24.5 Å². The van der Waals surface area contributed by atoms with Gasteiger partial charge in [-0.05, 0) is 47.5 Å². The van der Waals surface area contributed by atoms with Crippen molar-refractivity contribution >= 4 is 21.6 Å². The maximum atomic E-state index is 5.45. The Hall–Kier alpha value is -0.580. The average Bonchev–Trinajstić information content (AvgIpc) is 2.42.